The van der Waals surface area contributed by atoms with Gasteiger partial charge in [0.15, 0.2) is 0 Å². The number of fused-ring (bicyclic) bond motifs is 5. The van der Waals surface area contributed by atoms with Crippen molar-refractivity contribution in [3.8, 4) is 22.4 Å². The lowest BCUT2D eigenvalue weighted by atomic mass is 9.77. The van der Waals surface area contributed by atoms with Crippen molar-refractivity contribution in [3.63, 3.8) is 0 Å². The zero-order valence-corrected chi connectivity index (χ0v) is 23.9. The lowest BCUT2D eigenvalue weighted by molar-refractivity contribution is -0.122. The number of pyridine rings is 1. The molecular formula is C29H30N8O3S. The number of rotatable bonds is 5. The highest BCUT2D eigenvalue weighted by Gasteiger charge is 2.56. The molecule has 2 atom stereocenters. The van der Waals surface area contributed by atoms with Crippen LogP contribution >= 0.6 is 0 Å². The quantitative estimate of drug-likeness (QED) is 0.333. The van der Waals surface area contributed by atoms with Crippen LogP contribution in [-0.2, 0) is 34.3 Å². The van der Waals surface area contributed by atoms with Crippen LogP contribution in [0, 0.1) is 0 Å². The number of carbonyl (C=O) groups is 1. The van der Waals surface area contributed by atoms with Crippen LogP contribution in [-0.4, -0.2) is 62.2 Å². The smallest absolute Gasteiger partial charge is 0.237 e. The Balaban J connectivity index is 1.37. The Morgan fingerprint density at radius 2 is 1.88 bits per heavy atom. The van der Waals surface area contributed by atoms with Crippen molar-refractivity contribution in [3.05, 3.63) is 48.5 Å². The third-order valence-corrected chi connectivity index (χ3v) is 11.2. The second-order valence-corrected chi connectivity index (χ2v) is 13.8. The van der Waals surface area contributed by atoms with Crippen LogP contribution < -0.4 is 9.62 Å². The largest absolute Gasteiger partial charge is 0.339 e. The maximum Gasteiger partial charge on any atom is 0.237 e. The van der Waals surface area contributed by atoms with Crippen LogP contribution in [0.25, 0.3) is 44.3 Å². The Bertz CT molecular complexity index is 2020. The topological polar surface area (TPSA) is 131 Å². The number of aryl methyl sites for hydroxylation is 2. The number of sulfonamides is 1. The fourth-order valence-corrected chi connectivity index (χ4v) is 8.69. The molecule has 0 bridgehead atoms. The molecular weight excluding hydrogens is 540 g/mol. The van der Waals surface area contributed by atoms with Gasteiger partial charge in [-0.05, 0) is 49.8 Å². The Morgan fingerprint density at radius 3 is 2.63 bits per heavy atom. The van der Waals surface area contributed by atoms with Crippen molar-refractivity contribution < 1.29 is 13.2 Å². The molecule has 4 aromatic heterocycles. The van der Waals surface area contributed by atoms with Crippen LogP contribution in [0.2, 0.25) is 0 Å². The van der Waals surface area contributed by atoms with E-state index in [0.717, 1.165) is 49.9 Å². The summed E-state index contributed by atoms with van der Waals surface area (Å²) < 4.78 is 32.2. The number of hydrogen-bond acceptors (Lipinski definition) is 6. The number of anilines is 1. The number of aromatic nitrogens is 6. The minimum absolute atomic E-state index is 0.00675. The van der Waals surface area contributed by atoms with Crippen LogP contribution in [0.4, 0.5) is 5.69 Å². The first-order chi connectivity index (χ1) is 19.7. The lowest BCUT2D eigenvalue weighted by Crippen LogP contribution is -2.40. The molecule has 0 saturated heterocycles. The van der Waals surface area contributed by atoms with E-state index in [0.29, 0.717) is 37.8 Å². The average Bonchev–Trinajstić information content (AvgIpc) is 3.19. The molecule has 210 valence electrons. The van der Waals surface area contributed by atoms with E-state index in [4.69, 9.17) is 4.98 Å². The maximum atomic E-state index is 14.1. The number of H-pyrrole nitrogens is 1. The number of nitrogens with zero attached hydrogens (tertiary/aromatic N) is 6. The van der Waals surface area contributed by atoms with Gasteiger partial charge in [-0.25, -0.2) is 18.1 Å². The first-order valence-electron chi connectivity index (χ1n) is 13.9. The summed E-state index contributed by atoms with van der Waals surface area (Å²) >= 11 is 0. The molecule has 1 aromatic carbocycles. The Labute approximate surface area is 236 Å². The number of aromatic amines is 1. The monoisotopic (exact) mass is 570 g/mol. The van der Waals surface area contributed by atoms with Gasteiger partial charge in [-0.1, -0.05) is 6.07 Å². The van der Waals surface area contributed by atoms with Gasteiger partial charge >= 0.3 is 0 Å². The second kappa shape index (κ2) is 8.26. The molecule has 2 N–H and O–H groups in total. The minimum Gasteiger partial charge on any atom is -0.339 e. The van der Waals surface area contributed by atoms with Crippen LogP contribution in [0.1, 0.15) is 37.7 Å². The number of carbonyl (C=O) groups excluding carboxylic acids is 1. The standard InChI is InChI=1S/C29H30N8O3S/c1-35-15-18(13-31-35)26-23(16-4-7-21-17(10-16)12-32-37(21)3)24-25-22(14-30-27(24)33-26)36(2)28(38)29(25)9-8-19(11-29)34-41(39,40)20-5-6-20/h4,7,10,12-15,19-20,34H,5-6,8-9,11H2,1-3H3,(H,30,33)/t19-,29+/m1/s1. The van der Waals surface area contributed by atoms with Gasteiger partial charge in [0.2, 0.25) is 15.9 Å². The highest BCUT2D eigenvalue weighted by Crippen LogP contribution is 2.55. The van der Waals surface area contributed by atoms with Crippen LogP contribution in [0.15, 0.2) is 43.0 Å². The van der Waals surface area contributed by atoms with Crippen molar-refractivity contribution in [1.82, 2.24) is 34.3 Å². The van der Waals surface area contributed by atoms with Crippen LogP contribution in [0.5, 0.6) is 0 Å². The molecule has 41 heavy (non-hydrogen) atoms. The van der Waals surface area contributed by atoms with Gasteiger partial charge in [-0.2, -0.15) is 10.2 Å². The van der Waals surface area contributed by atoms with Gasteiger partial charge in [0.25, 0.3) is 0 Å². The first kappa shape index (κ1) is 24.7. The predicted octanol–water partition coefficient (Wildman–Crippen LogP) is 3.37. The summed E-state index contributed by atoms with van der Waals surface area (Å²) in [5.41, 5.74) is 6.28. The molecule has 2 fully saturated rings. The molecule has 2 aliphatic carbocycles. The third-order valence-electron chi connectivity index (χ3n) is 9.19. The summed E-state index contributed by atoms with van der Waals surface area (Å²) in [7, 11) is 2.22. The maximum absolute atomic E-state index is 14.1. The summed E-state index contributed by atoms with van der Waals surface area (Å²) in [5, 5.41) is 10.5. The minimum atomic E-state index is -3.38. The van der Waals surface area contributed by atoms with Gasteiger partial charge in [-0.15, -0.1) is 0 Å². The van der Waals surface area contributed by atoms with Crippen molar-refractivity contribution in [2.45, 2.75) is 48.8 Å². The van der Waals surface area contributed by atoms with Gasteiger partial charge < -0.3 is 9.88 Å². The predicted molar refractivity (Wildman–Crippen MR) is 156 cm³/mol. The van der Waals surface area contributed by atoms with E-state index in [9.17, 15) is 13.2 Å². The Morgan fingerprint density at radius 1 is 1.05 bits per heavy atom. The van der Waals surface area contributed by atoms with Crippen molar-refractivity contribution in [2.75, 3.05) is 11.9 Å². The molecule has 11 nitrogen and oxygen atoms in total. The molecule has 1 aliphatic heterocycles. The third kappa shape index (κ3) is 3.50. The van der Waals surface area contributed by atoms with E-state index in [1.807, 2.05) is 37.4 Å². The molecule has 5 aromatic rings. The van der Waals surface area contributed by atoms with Gasteiger partial charge in [0.05, 0.1) is 46.2 Å². The fraction of sp³-hybridized carbons (Fsp3) is 0.379. The molecule has 5 heterocycles. The summed E-state index contributed by atoms with van der Waals surface area (Å²) in [6, 6.07) is 5.98. The molecule has 0 radical (unpaired) electrons. The fourth-order valence-electron chi connectivity index (χ4n) is 7.07. The van der Waals surface area contributed by atoms with Gasteiger partial charge in [0.1, 0.15) is 5.65 Å². The number of benzene rings is 1. The number of amides is 1. The van der Waals surface area contributed by atoms with E-state index >= 15 is 0 Å². The zero-order valence-electron chi connectivity index (χ0n) is 23.0. The number of nitrogens with one attached hydrogen (secondary N) is 2. The van der Waals surface area contributed by atoms with E-state index < -0.39 is 15.4 Å². The highest BCUT2D eigenvalue weighted by atomic mass is 32.2. The summed E-state index contributed by atoms with van der Waals surface area (Å²) in [5.74, 6) is -0.00675. The van der Waals surface area contributed by atoms with Crippen molar-refractivity contribution in [2.24, 2.45) is 14.1 Å². The SMILES string of the molecule is CN1C(=O)[C@]2(CC[C@@H](NS(=O)(=O)C3CC3)C2)c2c1cnc1[nH]c(-c3cnn(C)c3)c(-c3ccc4c(cnn4C)c3)c21. The summed E-state index contributed by atoms with van der Waals surface area (Å²) in [4.78, 5) is 24.1. The van der Waals surface area contributed by atoms with Crippen molar-refractivity contribution in [1.29, 1.82) is 0 Å². The van der Waals surface area contributed by atoms with E-state index in [-0.39, 0.29) is 17.2 Å². The summed E-state index contributed by atoms with van der Waals surface area (Å²) in [6.07, 6.45) is 10.4. The Hall–Kier alpha value is -4.03. The summed E-state index contributed by atoms with van der Waals surface area (Å²) in [6.45, 7) is 0. The van der Waals surface area contributed by atoms with E-state index in [1.165, 1.54) is 0 Å². The molecule has 8 rings (SSSR count). The average molecular weight is 571 g/mol. The van der Waals surface area contributed by atoms with Gasteiger partial charge in [0, 0.05) is 60.8 Å². The van der Waals surface area contributed by atoms with E-state index in [1.54, 1.807) is 22.8 Å². The molecule has 3 aliphatic rings. The molecule has 12 heteroatoms. The normalized spacial score (nSPS) is 22.6. The Kier molecular flexibility index (Phi) is 4.99. The van der Waals surface area contributed by atoms with E-state index in [2.05, 4.69) is 38.1 Å². The zero-order chi connectivity index (χ0) is 28.3. The second-order valence-electron chi connectivity index (χ2n) is 11.8. The number of likely N-dealkylation sites (N-methyl/N-ethyl adjacent to an activating group) is 1. The first-order valence-corrected chi connectivity index (χ1v) is 15.5. The van der Waals surface area contributed by atoms with Crippen LogP contribution in [0.3, 0.4) is 0 Å². The van der Waals surface area contributed by atoms with Crippen molar-refractivity contribution >= 4 is 43.6 Å². The molecule has 1 spiro atoms. The molecule has 1 amide bonds. The molecule has 2 saturated carbocycles. The van der Waals surface area contributed by atoms with Gasteiger partial charge in [-0.3, -0.25) is 14.2 Å². The molecule has 0 unspecified atom stereocenters. The highest BCUT2D eigenvalue weighted by molar-refractivity contribution is 7.90. The number of hydrogen-bond donors (Lipinski definition) is 2. The lowest BCUT2D eigenvalue weighted by Gasteiger charge is -2.24.